The number of likely N-dealkylation sites (N-methyl/N-ethyl adjacent to an activating group) is 1. The molecule has 0 amide bonds. The van der Waals surface area contributed by atoms with Crippen LogP contribution in [0.1, 0.15) is 12.8 Å². The number of hydrogen-bond donors (Lipinski definition) is 1. The average molecular weight is 316 g/mol. The van der Waals surface area contributed by atoms with Crippen LogP contribution in [0.5, 0.6) is 0 Å². The Labute approximate surface area is 125 Å². The largest absolute Gasteiger partial charge is 0.391 e. The highest BCUT2D eigenvalue weighted by Crippen LogP contribution is 2.22. The fourth-order valence-electron chi connectivity index (χ4n) is 2.67. The molecule has 7 heteroatoms. The van der Waals surface area contributed by atoms with E-state index in [4.69, 9.17) is 0 Å². The number of halogens is 1. The van der Waals surface area contributed by atoms with Gasteiger partial charge in [-0.15, -0.1) is 0 Å². The lowest BCUT2D eigenvalue weighted by molar-refractivity contribution is 0.0739. The fraction of sp³-hybridized carbons (Fsp3) is 0.571. The number of hydrogen-bond acceptors (Lipinski definition) is 4. The molecule has 0 radical (unpaired) electrons. The molecular weight excluding hydrogens is 295 g/mol. The second-order valence-corrected chi connectivity index (χ2v) is 7.48. The first kappa shape index (κ1) is 16.4. The van der Waals surface area contributed by atoms with Crippen molar-refractivity contribution in [2.45, 2.75) is 29.9 Å². The summed E-state index contributed by atoms with van der Waals surface area (Å²) in [4.78, 5) is 1.86. The molecule has 1 aromatic carbocycles. The molecule has 1 aromatic rings. The lowest BCUT2D eigenvalue weighted by Gasteiger charge is -2.26. The summed E-state index contributed by atoms with van der Waals surface area (Å²) in [5.41, 5.74) is 0. The second-order valence-electron chi connectivity index (χ2n) is 5.54. The van der Waals surface area contributed by atoms with E-state index in [0.29, 0.717) is 19.4 Å². The van der Waals surface area contributed by atoms with Gasteiger partial charge in [-0.05, 0) is 45.1 Å². The van der Waals surface area contributed by atoms with E-state index in [1.807, 2.05) is 19.0 Å². The summed E-state index contributed by atoms with van der Waals surface area (Å²) in [6.07, 6.45) is 0.354. The Kier molecular flexibility index (Phi) is 4.98. The van der Waals surface area contributed by atoms with Gasteiger partial charge < -0.3 is 10.0 Å². The Morgan fingerprint density at radius 3 is 2.57 bits per heavy atom. The fourth-order valence-corrected chi connectivity index (χ4v) is 4.17. The van der Waals surface area contributed by atoms with Gasteiger partial charge in [0.1, 0.15) is 5.82 Å². The van der Waals surface area contributed by atoms with Crippen molar-refractivity contribution in [1.82, 2.24) is 9.21 Å². The van der Waals surface area contributed by atoms with Crippen LogP contribution in [0.4, 0.5) is 4.39 Å². The van der Waals surface area contributed by atoms with Crippen LogP contribution < -0.4 is 0 Å². The highest BCUT2D eigenvalue weighted by molar-refractivity contribution is 7.89. The van der Waals surface area contributed by atoms with Gasteiger partial charge in [0.15, 0.2) is 0 Å². The molecule has 1 fully saturated rings. The molecule has 1 aliphatic heterocycles. The van der Waals surface area contributed by atoms with Crippen LogP contribution in [0.3, 0.4) is 0 Å². The molecule has 0 aliphatic carbocycles. The molecule has 5 nitrogen and oxygen atoms in total. The van der Waals surface area contributed by atoms with Crippen LogP contribution in [0.25, 0.3) is 0 Å². The zero-order valence-electron chi connectivity index (χ0n) is 12.2. The van der Waals surface area contributed by atoms with E-state index in [2.05, 4.69) is 0 Å². The third kappa shape index (κ3) is 3.60. The zero-order chi connectivity index (χ0) is 15.6. The molecule has 0 unspecified atom stereocenters. The number of nitrogens with zero attached hydrogens (tertiary/aromatic N) is 2. The molecule has 0 spiro atoms. The molecule has 1 N–H and O–H groups in total. The number of rotatable bonds is 3. The van der Waals surface area contributed by atoms with Crippen LogP contribution in [0.15, 0.2) is 29.2 Å². The highest BCUT2D eigenvalue weighted by Gasteiger charge is 2.32. The number of aliphatic hydroxyl groups is 1. The first-order chi connectivity index (χ1) is 9.82. The lowest BCUT2D eigenvalue weighted by Crippen LogP contribution is -2.38. The maximum atomic E-state index is 13.2. The summed E-state index contributed by atoms with van der Waals surface area (Å²) in [6, 6.07) is 4.95. The minimum absolute atomic E-state index is 0.0414. The SMILES string of the molecule is CN(C)[C@H]1CCN(S(=O)(=O)c2cccc(F)c2)CC[C@@H]1O. The summed E-state index contributed by atoms with van der Waals surface area (Å²) in [5, 5.41) is 10.1. The number of benzene rings is 1. The third-order valence-corrected chi connectivity index (χ3v) is 5.78. The Morgan fingerprint density at radius 2 is 1.95 bits per heavy atom. The normalized spacial score (nSPS) is 25.0. The monoisotopic (exact) mass is 316 g/mol. The summed E-state index contributed by atoms with van der Waals surface area (Å²) < 4.78 is 39.7. The van der Waals surface area contributed by atoms with E-state index < -0.39 is 21.9 Å². The minimum atomic E-state index is -3.72. The molecule has 2 rings (SSSR count). The highest BCUT2D eigenvalue weighted by atomic mass is 32.2. The van der Waals surface area contributed by atoms with Crippen molar-refractivity contribution in [1.29, 1.82) is 0 Å². The van der Waals surface area contributed by atoms with E-state index in [0.717, 1.165) is 6.07 Å². The van der Waals surface area contributed by atoms with Gasteiger partial charge in [-0.3, -0.25) is 0 Å². The average Bonchev–Trinajstić information content (AvgIpc) is 2.61. The van der Waals surface area contributed by atoms with E-state index in [9.17, 15) is 17.9 Å². The van der Waals surface area contributed by atoms with Crippen LogP contribution in [-0.2, 0) is 10.0 Å². The van der Waals surface area contributed by atoms with Gasteiger partial charge in [-0.1, -0.05) is 6.07 Å². The van der Waals surface area contributed by atoms with E-state index in [1.165, 1.54) is 22.5 Å². The zero-order valence-corrected chi connectivity index (χ0v) is 13.1. The molecule has 0 saturated carbocycles. The van der Waals surface area contributed by atoms with Crippen molar-refractivity contribution in [2.75, 3.05) is 27.2 Å². The van der Waals surface area contributed by atoms with Gasteiger partial charge >= 0.3 is 0 Å². The van der Waals surface area contributed by atoms with Crippen molar-refractivity contribution in [2.24, 2.45) is 0 Å². The molecular formula is C14H21FN2O3S. The van der Waals surface area contributed by atoms with Gasteiger partial charge in [0.2, 0.25) is 10.0 Å². The predicted molar refractivity (Wildman–Crippen MR) is 77.9 cm³/mol. The third-order valence-electron chi connectivity index (χ3n) is 3.89. The minimum Gasteiger partial charge on any atom is -0.391 e. The molecule has 21 heavy (non-hydrogen) atoms. The molecule has 0 aromatic heterocycles. The Bertz CT molecular complexity index is 592. The number of sulfonamides is 1. The van der Waals surface area contributed by atoms with Crippen molar-refractivity contribution in [3.8, 4) is 0 Å². The van der Waals surface area contributed by atoms with Gasteiger partial charge in [-0.25, -0.2) is 12.8 Å². The van der Waals surface area contributed by atoms with Crippen LogP contribution in [0, 0.1) is 5.82 Å². The van der Waals surface area contributed by atoms with Crippen LogP contribution in [0.2, 0.25) is 0 Å². The van der Waals surface area contributed by atoms with Crippen molar-refractivity contribution in [3.63, 3.8) is 0 Å². The Morgan fingerprint density at radius 1 is 1.29 bits per heavy atom. The smallest absolute Gasteiger partial charge is 0.243 e. The van der Waals surface area contributed by atoms with Crippen LogP contribution >= 0.6 is 0 Å². The van der Waals surface area contributed by atoms with Crippen molar-refractivity contribution >= 4 is 10.0 Å². The Hall–Kier alpha value is -1.02. The summed E-state index contributed by atoms with van der Waals surface area (Å²) >= 11 is 0. The summed E-state index contributed by atoms with van der Waals surface area (Å²) in [7, 11) is 0.0147. The molecule has 0 bridgehead atoms. The molecule has 1 saturated heterocycles. The van der Waals surface area contributed by atoms with E-state index >= 15 is 0 Å². The molecule has 118 valence electrons. The summed E-state index contributed by atoms with van der Waals surface area (Å²) in [5.74, 6) is -0.572. The predicted octanol–water partition coefficient (Wildman–Crippen LogP) is 0.901. The molecule has 1 aliphatic rings. The maximum Gasteiger partial charge on any atom is 0.243 e. The molecule has 2 atom stereocenters. The first-order valence-corrected chi connectivity index (χ1v) is 8.36. The van der Waals surface area contributed by atoms with Gasteiger partial charge in [0, 0.05) is 19.1 Å². The standard InChI is InChI=1S/C14H21FN2O3S/c1-16(2)13-6-8-17(9-7-14(13)18)21(19,20)12-5-3-4-11(15)10-12/h3-5,10,13-14,18H,6-9H2,1-2H3/t13-,14-/m0/s1. The second kappa shape index (κ2) is 6.39. The van der Waals surface area contributed by atoms with E-state index in [-0.39, 0.29) is 17.5 Å². The van der Waals surface area contributed by atoms with Gasteiger partial charge in [-0.2, -0.15) is 4.31 Å². The lowest BCUT2D eigenvalue weighted by atomic mass is 10.1. The number of aliphatic hydroxyl groups excluding tert-OH is 1. The van der Waals surface area contributed by atoms with Crippen LogP contribution in [-0.4, -0.2) is 62.1 Å². The quantitative estimate of drug-likeness (QED) is 0.900. The first-order valence-electron chi connectivity index (χ1n) is 6.92. The molecule has 1 heterocycles. The Balaban J connectivity index is 2.22. The van der Waals surface area contributed by atoms with Gasteiger partial charge in [0.25, 0.3) is 0 Å². The summed E-state index contributed by atoms with van der Waals surface area (Å²) in [6.45, 7) is 0.559. The van der Waals surface area contributed by atoms with Gasteiger partial charge in [0.05, 0.1) is 11.0 Å². The van der Waals surface area contributed by atoms with E-state index in [1.54, 1.807) is 0 Å². The maximum absolute atomic E-state index is 13.2. The topological polar surface area (TPSA) is 60.9 Å². The van der Waals surface area contributed by atoms with Crippen molar-refractivity contribution in [3.05, 3.63) is 30.1 Å². The van der Waals surface area contributed by atoms with Crippen molar-refractivity contribution < 1.29 is 17.9 Å².